The maximum atomic E-state index is 13.7. The molecule has 1 N–H and O–H groups in total. The van der Waals surface area contributed by atoms with E-state index in [9.17, 15) is 18.7 Å². The van der Waals surface area contributed by atoms with E-state index in [0.29, 0.717) is 16.6 Å². The number of carbonyl (C=O) groups is 1. The first kappa shape index (κ1) is 27.5. The standard InChI is InChI=1S/C32H28BrF2NO2S/c33-26-7-2-1-5-22(26)10-13-30(39-20-32(14-15-32)19-31(37)38)24-6-3-4-21(16-24)8-11-25-12-9-23-17-27(34)28(35)18-29(23)36-25/h1-9,11-12,16-18,30H,10,13-15,19-20H2,(H,37,38). The Bertz CT molecular complexity index is 1540. The van der Waals surface area contributed by atoms with Crippen LogP contribution in [0, 0.1) is 17.0 Å². The number of carboxylic acid groups (broad SMARTS) is 1. The molecule has 0 saturated heterocycles. The molecule has 1 aromatic heterocycles. The fourth-order valence-electron chi connectivity index (χ4n) is 4.75. The van der Waals surface area contributed by atoms with Crippen molar-refractivity contribution in [1.29, 1.82) is 0 Å². The highest BCUT2D eigenvalue weighted by Crippen LogP contribution is 2.53. The zero-order chi connectivity index (χ0) is 27.4. The Morgan fingerprint density at radius 2 is 1.82 bits per heavy atom. The van der Waals surface area contributed by atoms with Gasteiger partial charge in [0.2, 0.25) is 0 Å². The van der Waals surface area contributed by atoms with Crippen molar-refractivity contribution in [2.75, 3.05) is 5.75 Å². The molecule has 3 aromatic carbocycles. The molecule has 1 heterocycles. The molecule has 5 rings (SSSR count). The monoisotopic (exact) mass is 607 g/mol. The van der Waals surface area contributed by atoms with E-state index in [4.69, 9.17) is 0 Å². The smallest absolute Gasteiger partial charge is 0.303 e. The van der Waals surface area contributed by atoms with Crippen LogP contribution >= 0.6 is 27.7 Å². The van der Waals surface area contributed by atoms with Gasteiger partial charge in [-0.1, -0.05) is 70.5 Å². The first-order valence-electron chi connectivity index (χ1n) is 12.9. The Morgan fingerprint density at radius 1 is 1.03 bits per heavy atom. The summed E-state index contributed by atoms with van der Waals surface area (Å²) in [6, 6.07) is 22.4. The van der Waals surface area contributed by atoms with Crippen LogP contribution in [0.5, 0.6) is 0 Å². The predicted octanol–water partition coefficient (Wildman–Crippen LogP) is 9.11. The van der Waals surface area contributed by atoms with Crippen molar-refractivity contribution in [2.24, 2.45) is 5.41 Å². The van der Waals surface area contributed by atoms with Crippen molar-refractivity contribution in [3.8, 4) is 0 Å². The average Bonchev–Trinajstić information content (AvgIpc) is 3.68. The maximum Gasteiger partial charge on any atom is 0.303 e. The second-order valence-electron chi connectivity index (χ2n) is 10.2. The third-order valence-electron chi connectivity index (χ3n) is 7.19. The number of benzene rings is 3. The van der Waals surface area contributed by atoms with Gasteiger partial charge < -0.3 is 5.11 Å². The number of halogens is 3. The molecule has 1 fully saturated rings. The van der Waals surface area contributed by atoms with E-state index in [1.807, 2.05) is 48.2 Å². The Kier molecular flexibility index (Phi) is 8.48. The van der Waals surface area contributed by atoms with E-state index in [0.717, 1.165) is 53.6 Å². The van der Waals surface area contributed by atoms with Crippen LogP contribution in [0.25, 0.3) is 23.1 Å². The van der Waals surface area contributed by atoms with Crippen LogP contribution in [0.3, 0.4) is 0 Å². The van der Waals surface area contributed by atoms with Gasteiger partial charge in [0.25, 0.3) is 0 Å². The molecule has 0 aliphatic heterocycles. The number of hydrogen-bond donors (Lipinski definition) is 1. The van der Waals surface area contributed by atoms with Gasteiger partial charge in [-0.3, -0.25) is 4.79 Å². The number of aryl methyl sites for hydroxylation is 1. The van der Waals surface area contributed by atoms with Crippen molar-refractivity contribution < 1.29 is 18.7 Å². The van der Waals surface area contributed by atoms with Crippen LogP contribution in [0.1, 0.15) is 53.3 Å². The molecule has 7 heteroatoms. The van der Waals surface area contributed by atoms with Crippen LogP contribution in [0.15, 0.2) is 77.3 Å². The Labute approximate surface area is 239 Å². The van der Waals surface area contributed by atoms with Gasteiger partial charge in [0.1, 0.15) is 0 Å². The fraction of sp³-hybridized carbons (Fsp3) is 0.250. The SMILES string of the molecule is O=C(O)CC1(CSC(CCc2ccccc2Br)c2cccc(C=Cc3ccc4cc(F)c(F)cc4n3)c2)CC1. The predicted molar refractivity (Wildman–Crippen MR) is 159 cm³/mol. The third-order valence-corrected chi connectivity index (χ3v) is 9.65. The molecule has 1 aliphatic carbocycles. The average molecular weight is 609 g/mol. The lowest BCUT2D eigenvalue weighted by Gasteiger charge is -2.21. The number of fused-ring (bicyclic) bond motifs is 1. The van der Waals surface area contributed by atoms with Crippen molar-refractivity contribution in [1.82, 2.24) is 4.98 Å². The third kappa shape index (κ3) is 7.14. The maximum absolute atomic E-state index is 13.7. The number of aromatic nitrogens is 1. The van der Waals surface area contributed by atoms with Crippen molar-refractivity contribution in [3.05, 3.63) is 111 Å². The van der Waals surface area contributed by atoms with Gasteiger partial charge in [0, 0.05) is 26.9 Å². The lowest BCUT2D eigenvalue weighted by molar-refractivity contribution is -0.138. The topological polar surface area (TPSA) is 50.2 Å². The minimum Gasteiger partial charge on any atom is -0.481 e. The number of thioether (sulfide) groups is 1. The summed E-state index contributed by atoms with van der Waals surface area (Å²) in [5, 5.41) is 10.1. The molecular weight excluding hydrogens is 580 g/mol. The molecule has 1 aliphatic rings. The Hall–Kier alpha value is -3.03. The minimum absolute atomic E-state index is 0.0796. The lowest BCUT2D eigenvalue weighted by Crippen LogP contribution is -2.12. The van der Waals surface area contributed by atoms with E-state index in [1.165, 1.54) is 11.1 Å². The number of carboxylic acids is 1. The summed E-state index contributed by atoms with van der Waals surface area (Å²) in [6.45, 7) is 0. The minimum atomic E-state index is -0.911. The second-order valence-corrected chi connectivity index (χ2v) is 12.2. The summed E-state index contributed by atoms with van der Waals surface area (Å²) < 4.78 is 28.3. The zero-order valence-corrected chi connectivity index (χ0v) is 23.7. The van der Waals surface area contributed by atoms with E-state index in [-0.39, 0.29) is 17.1 Å². The van der Waals surface area contributed by atoms with Crippen LogP contribution in [0.2, 0.25) is 0 Å². The largest absolute Gasteiger partial charge is 0.481 e. The molecule has 39 heavy (non-hydrogen) atoms. The fourth-order valence-corrected chi connectivity index (χ4v) is 6.80. The first-order chi connectivity index (χ1) is 18.8. The van der Waals surface area contributed by atoms with Gasteiger partial charge in [0.15, 0.2) is 11.6 Å². The van der Waals surface area contributed by atoms with Crippen LogP contribution in [-0.2, 0) is 11.2 Å². The van der Waals surface area contributed by atoms with Crippen LogP contribution in [0.4, 0.5) is 8.78 Å². The molecule has 200 valence electrons. The van der Waals surface area contributed by atoms with Gasteiger partial charge >= 0.3 is 5.97 Å². The summed E-state index contributed by atoms with van der Waals surface area (Å²) in [7, 11) is 0. The molecule has 0 spiro atoms. The first-order valence-corrected chi connectivity index (χ1v) is 14.8. The number of hydrogen-bond acceptors (Lipinski definition) is 3. The van der Waals surface area contributed by atoms with Crippen molar-refractivity contribution >= 4 is 56.7 Å². The molecule has 3 nitrogen and oxygen atoms in total. The van der Waals surface area contributed by atoms with E-state index >= 15 is 0 Å². The summed E-state index contributed by atoms with van der Waals surface area (Å²) in [5.41, 5.74) is 4.45. The van der Waals surface area contributed by atoms with Gasteiger partial charge in [-0.05, 0) is 72.1 Å². The van der Waals surface area contributed by atoms with Gasteiger partial charge in [-0.25, -0.2) is 13.8 Å². The van der Waals surface area contributed by atoms with Crippen LogP contribution in [-0.4, -0.2) is 21.8 Å². The normalized spacial score (nSPS) is 15.1. The molecule has 1 atom stereocenters. The quantitative estimate of drug-likeness (QED) is 0.185. The van der Waals surface area contributed by atoms with Gasteiger partial charge in [-0.15, -0.1) is 0 Å². The Balaban J connectivity index is 1.35. The second kappa shape index (κ2) is 12.0. The summed E-state index contributed by atoms with van der Waals surface area (Å²) >= 11 is 5.52. The van der Waals surface area contributed by atoms with Crippen LogP contribution < -0.4 is 0 Å². The number of pyridine rings is 1. The summed E-state index contributed by atoms with van der Waals surface area (Å²) in [6.07, 6.45) is 7.86. The molecule has 0 radical (unpaired) electrons. The highest BCUT2D eigenvalue weighted by atomic mass is 79.9. The number of rotatable bonds is 11. The van der Waals surface area contributed by atoms with E-state index in [1.54, 1.807) is 12.1 Å². The Morgan fingerprint density at radius 3 is 2.59 bits per heavy atom. The highest BCUT2D eigenvalue weighted by molar-refractivity contribution is 9.10. The summed E-state index contributed by atoms with van der Waals surface area (Å²) in [5.74, 6) is -1.68. The summed E-state index contributed by atoms with van der Waals surface area (Å²) in [4.78, 5) is 15.9. The molecule has 0 amide bonds. The zero-order valence-electron chi connectivity index (χ0n) is 21.2. The molecule has 1 unspecified atom stereocenters. The highest BCUT2D eigenvalue weighted by Gasteiger charge is 2.44. The lowest BCUT2D eigenvalue weighted by atomic mass is 10.0. The van der Waals surface area contributed by atoms with Gasteiger partial charge in [-0.2, -0.15) is 11.8 Å². The molecular formula is C32H28BrF2NO2S. The van der Waals surface area contributed by atoms with Gasteiger partial charge in [0.05, 0.1) is 17.6 Å². The molecule has 0 bridgehead atoms. The molecule has 4 aromatic rings. The number of nitrogens with zero attached hydrogens (tertiary/aromatic N) is 1. The van der Waals surface area contributed by atoms with E-state index in [2.05, 4.69) is 45.2 Å². The molecule has 1 saturated carbocycles. The van der Waals surface area contributed by atoms with Crippen molar-refractivity contribution in [3.63, 3.8) is 0 Å². The van der Waals surface area contributed by atoms with Crippen molar-refractivity contribution in [2.45, 2.75) is 37.4 Å². The van der Waals surface area contributed by atoms with E-state index < -0.39 is 17.6 Å². The number of aliphatic carboxylic acids is 1.